The van der Waals surface area contributed by atoms with Crippen molar-refractivity contribution in [3.63, 3.8) is 0 Å². The van der Waals surface area contributed by atoms with Crippen LogP contribution >= 0.6 is 11.8 Å². The molecule has 0 atom stereocenters. The van der Waals surface area contributed by atoms with Crippen molar-refractivity contribution in [3.8, 4) is 5.69 Å². The molecule has 156 valence electrons. The molecule has 0 radical (unpaired) electrons. The average Bonchev–Trinajstić information content (AvgIpc) is 3.32. The molecule has 1 heterocycles. The van der Waals surface area contributed by atoms with Crippen molar-refractivity contribution in [1.29, 1.82) is 0 Å². The summed E-state index contributed by atoms with van der Waals surface area (Å²) >= 11 is 1.61. The number of anilines is 1. The molecule has 1 aromatic heterocycles. The van der Waals surface area contributed by atoms with E-state index in [4.69, 9.17) is 0 Å². The van der Waals surface area contributed by atoms with Gasteiger partial charge in [-0.2, -0.15) is 4.68 Å². The number of hydrogen-bond acceptors (Lipinski definition) is 5. The Labute approximate surface area is 189 Å². The number of tetrazole rings is 1. The number of carbonyl (C=O) groups is 1. The maximum Gasteiger partial charge on any atom is 0.255 e. The minimum atomic E-state index is -0.133. The first kappa shape index (κ1) is 20.0. The second-order valence-corrected chi connectivity index (χ2v) is 8.22. The summed E-state index contributed by atoms with van der Waals surface area (Å²) in [5.74, 6) is 1.22. The second-order valence-electron chi connectivity index (χ2n) is 7.18. The lowest BCUT2D eigenvalue weighted by atomic mass is 10.1. The lowest BCUT2D eigenvalue weighted by molar-refractivity contribution is 0.102. The molecule has 6 nitrogen and oxygen atoms in total. The molecule has 0 saturated carbocycles. The largest absolute Gasteiger partial charge is 0.322 e. The zero-order chi connectivity index (χ0) is 21.8. The Balaban J connectivity index is 1.28. The normalized spacial score (nSPS) is 10.9. The Kier molecular flexibility index (Phi) is 5.63. The van der Waals surface area contributed by atoms with Crippen LogP contribution in [0.25, 0.3) is 16.5 Å². The van der Waals surface area contributed by atoms with Gasteiger partial charge in [0.2, 0.25) is 0 Å². The number of benzene rings is 4. The monoisotopic (exact) mass is 437 g/mol. The van der Waals surface area contributed by atoms with Crippen molar-refractivity contribution < 1.29 is 4.79 Å². The van der Waals surface area contributed by atoms with E-state index in [1.807, 2.05) is 97.1 Å². The summed E-state index contributed by atoms with van der Waals surface area (Å²) in [6.45, 7) is 0. The fraction of sp³-hybridized carbons (Fsp3) is 0.0400. The van der Waals surface area contributed by atoms with Gasteiger partial charge in [0.05, 0.1) is 11.4 Å². The number of carbonyl (C=O) groups excluding carboxylic acids is 1. The summed E-state index contributed by atoms with van der Waals surface area (Å²) in [5.41, 5.74) is 2.30. The molecule has 0 aliphatic heterocycles. The van der Waals surface area contributed by atoms with Crippen molar-refractivity contribution >= 4 is 34.1 Å². The summed E-state index contributed by atoms with van der Waals surface area (Å²) in [6.07, 6.45) is 0. The number of fused-ring (bicyclic) bond motifs is 1. The van der Waals surface area contributed by atoms with E-state index in [9.17, 15) is 4.79 Å². The number of para-hydroxylation sites is 1. The van der Waals surface area contributed by atoms with Gasteiger partial charge in [-0.3, -0.25) is 4.79 Å². The highest BCUT2D eigenvalue weighted by atomic mass is 32.2. The molecule has 1 amide bonds. The molecular weight excluding hydrogens is 418 g/mol. The van der Waals surface area contributed by atoms with E-state index in [0.717, 1.165) is 32.9 Å². The van der Waals surface area contributed by atoms with Gasteiger partial charge < -0.3 is 5.32 Å². The summed E-state index contributed by atoms with van der Waals surface area (Å²) in [6, 6.07) is 31.3. The third-order valence-corrected chi connectivity index (χ3v) is 6.00. The molecule has 5 rings (SSSR count). The second kappa shape index (κ2) is 9.03. The first-order chi connectivity index (χ1) is 15.8. The molecule has 0 saturated heterocycles. The summed E-state index contributed by atoms with van der Waals surface area (Å²) in [4.78, 5) is 13.8. The first-order valence-corrected chi connectivity index (χ1v) is 11.1. The van der Waals surface area contributed by atoms with E-state index in [1.165, 1.54) is 0 Å². The number of nitrogens with zero attached hydrogens (tertiary/aromatic N) is 4. The molecule has 0 aliphatic carbocycles. The van der Waals surface area contributed by atoms with Gasteiger partial charge in [0.25, 0.3) is 5.91 Å². The third kappa shape index (κ3) is 4.38. The van der Waals surface area contributed by atoms with Gasteiger partial charge >= 0.3 is 0 Å². The molecular formula is C25H19N5OS. The average molecular weight is 438 g/mol. The SMILES string of the molecule is O=C(Nc1cccc(SCc2nnnn2-c2ccccc2)c1)c1ccc2ccccc2c1. The number of nitrogens with one attached hydrogen (secondary N) is 1. The molecule has 0 aliphatic rings. The number of amides is 1. The summed E-state index contributed by atoms with van der Waals surface area (Å²) < 4.78 is 1.73. The summed E-state index contributed by atoms with van der Waals surface area (Å²) in [7, 11) is 0. The molecule has 5 aromatic rings. The lowest BCUT2D eigenvalue weighted by Crippen LogP contribution is -2.11. The van der Waals surface area contributed by atoms with Crippen molar-refractivity contribution in [2.75, 3.05) is 5.32 Å². The predicted molar refractivity (Wildman–Crippen MR) is 127 cm³/mol. The Morgan fingerprint density at radius 3 is 2.53 bits per heavy atom. The predicted octanol–water partition coefficient (Wildman–Crippen LogP) is 5.36. The van der Waals surface area contributed by atoms with E-state index >= 15 is 0 Å². The van der Waals surface area contributed by atoms with Gasteiger partial charge in [-0.05, 0) is 63.7 Å². The number of hydrogen-bond donors (Lipinski definition) is 1. The van der Waals surface area contributed by atoms with Crippen molar-refractivity contribution in [2.45, 2.75) is 10.6 Å². The van der Waals surface area contributed by atoms with Gasteiger partial charge in [0.15, 0.2) is 5.82 Å². The minimum absolute atomic E-state index is 0.133. The van der Waals surface area contributed by atoms with Gasteiger partial charge in [0.1, 0.15) is 0 Å². The maximum absolute atomic E-state index is 12.8. The zero-order valence-corrected chi connectivity index (χ0v) is 17.9. The van der Waals surface area contributed by atoms with Crippen LogP contribution in [0.2, 0.25) is 0 Å². The Morgan fingerprint density at radius 1 is 0.844 bits per heavy atom. The van der Waals surface area contributed by atoms with Gasteiger partial charge in [-0.15, -0.1) is 16.9 Å². The number of thioether (sulfide) groups is 1. The van der Waals surface area contributed by atoms with Gasteiger partial charge in [-0.1, -0.05) is 54.6 Å². The van der Waals surface area contributed by atoms with Crippen LogP contribution < -0.4 is 5.32 Å². The highest BCUT2D eigenvalue weighted by molar-refractivity contribution is 7.98. The molecule has 32 heavy (non-hydrogen) atoms. The van der Waals surface area contributed by atoms with Crippen LogP contribution in [0.1, 0.15) is 16.2 Å². The highest BCUT2D eigenvalue weighted by Gasteiger charge is 2.10. The topological polar surface area (TPSA) is 72.7 Å². The van der Waals surface area contributed by atoms with Crippen LogP contribution in [0.5, 0.6) is 0 Å². The summed E-state index contributed by atoms with van der Waals surface area (Å²) in [5, 5.41) is 17.2. The van der Waals surface area contributed by atoms with E-state index in [1.54, 1.807) is 16.4 Å². The Hall–Kier alpha value is -3.97. The molecule has 0 fully saturated rings. The van der Waals surface area contributed by atoms with Crippen molar-refractivity contribution in [3.05, 3.63) is 108 Å². The standard InChI is InChI=1S/C25H19N5OS/c31-25(20-14-13-18-7-4-5-8-19(18)15-20)26-21-9-6-12-23(16-21)32-17-24-27-28-29-30(24)22-10-2-1-3-11-22/h1-16H,17H2,(H,26,31). The third-order valence-electron chi connectivity index (χ3n) is 5.01. The quantitative estimate of drug-likeness (QED) is 0.362. The molecule has 7 heteroatoms. The fourth-order valence-electron chi connectivity index (χ4n) is 3.41. The Morgan fingerprint density at radius 2 is 1.66 bits per heavy atom. The van der Waals surface area contributed by atoms with Gasteiger partial charge in [-0.25, -0.2) is 0 Å². The van der Waals surface area contributed by atoms with Crippen molar-refractivity contribution in [1.82, 2.24) is 20.2 Å². The van der Waals surface area contributed by atoms with E-state index in [-0.39, 0.29) is 5.91 Å². The smallest absolute Gasteiger partial charge is 0.255 e. The minimum Gasteiger partial charge on any atom is -0.322 e. The first-order valence-electron chi connectivity index (χ1n) is 10.1. The van der Waals surface area contributed by atoms with E-state index < -0.39 is 0 Å². The van der Waals surface area contributed by atoms with E-state index in [2.05, 4.69) is 20.8 Å². The van der Waals surface area contributed by atoms with Crippen LogP contribution in [0, 0.1) is 0 Å². The molecule has 4 aromatic carbocycles. The number of rotatable bonds is 6. The van der Waals surface area contributed by atoms with E-state index in [0.29, 0.717) is 11.3 Å². The Bertz CT molecular complexity index is 1380. The highest BCUT2D eigenvalue weighted by Crippen LogP contribution is 2.26. The zero-order valence-electron chi connectivity index (χ0n) is 17.1. The van der Waals surface area contributed by atoms with Gasteiger partial charge in [0, 0.05) is 16.1 Å². The van der Waals surface area contributed by atoms with Crippen LogP contribution in [0.3, 0.4) is 0 Å². The van der Waals surface area contributed by atoms with Crippen LogP contribution in [-0.4, -0.2) is 26.1 Å². The molecule has 0 bridgehead atoms. The molecule has 1 N–H and O–H groups in total. The van der Waals surface area contributed by atoms with Crippen LogP contribution in [0.4, 0.5) is 5.69 Å². The number of aromatic nitrogens is 4. The fourth-order valence-corrected chi connectivity index (χ4v) is 4.27. The molecule has 0 unspecified atom stereocenters. The maximum atomic E-state index is 12.8. The van der Waals surface area contributed by atoms with Crippen LogP contribution in [0.15, 0.2) is 102 Å². The van der Waals surface area contributed by atoms with Crippen LogP contribution in [-0.2, 0) is 5.75 Å². The lowest BCUT2D eigenvalue weighted by Gasteiger charge is -2.09. The van der Waals surface area contributed by atoms with Crippen molar-refractivity contribution in [2.24, 2.45) is 0 Å². The molecule has 0 spiro atoms.